The maximum Gasteiger partial charge on any atom is 0.225 e. The molecular formula is C21H32IN5O2. The van der Waals surface area contributed by atoms with Gasteiger partial charge in [0.1, 0.15) is 0 Å². The van der Waals surface area contributed by atoms with E-state index in [4.69, 9.17) is 0 Å². The van der Waals surface area contributed by atoms with Gasteiger partial charge in [0.2, 0.25) is 11.8 Å². The topological polar surface area (TPSA) is 85.8 Å². The molecule has 2 fully saturated rings. The van der Waals surface area contributed by atoms with E-state index in [9.17, 15) is 9.59 Å². The summed E-state index contributed by atoms with van der Waals surface area (Å²) in [7, 11) is 1.75. The highest BCUT2D eigenvalue weighted by atomic mass is 127. The lowest BCUT2D eigenvalue weighted by atomic mass is 10.1. The number of carbonyl (C=O) groups excluding carboxylic acids is 2. The van der Waals surface area contributed by atoms with Crippen LogP contribution in [-0.4, -0.2) is 48.9 Å². The summed E-state index contributed by atoms with van der Waals surface area (Å²) in [5, 5.41) is 9.54. The van der Waals surface area contributed by atoms with Gasteiger partial charge in [-0.2, -0.15) is 0 Å². The van der Waals surface area contributed by atoms with Gasteiger partial charge in [-0.05, 0) is 37.0 Å². The molecule has 2 amide bonds. The number of hydrogen-bond acceptors (Lipinski definition) is 3. The number of aliphatic imine (C=N–C) groups is 1. The smallest absolute Gasteiger partial charge is 0.225 e. The van der Waals surface area contributed by atoms with Gasteiger partial charge in [0, 0.05) is 51.3 Å². The van der Waals surface area contributed by atoms with Crippen molar-refractivity contribution in [3.63, 3.8) is 0 Å². The molecule has 1 saturated heterocycles. The van der Waals surface area contributed by atoms with Crippen molar-refractivity contribution in [2.45, 2.75) is 51.6 Å². The van der Waals surface area contributed by atoms with Crippen LogP contribution in [0, 0.1) is 5.92 Å². The highest BCUT2D eigenvalue weighted by molar-refractivity contribution is 14.0. The fraction of sp³-hybridized carbons (Fsp3) is 0.571. The molecule has 7 nitrogen and oxygen atoms in total. The number of halogens is 1. The number of benzene rings is 1. The summed E-state index contributed by atoms with van der Waals surface area (Å²) < 4.78 is 0. The van der Waals surface area contributed by atoms with Gasteiger partial charge in [0.25, 0.3) is 0 Å². The molecule has 1 unspecified atom stereocenters. The second kappa shape index (κ2) is 11.4. The Balaban J connectivity index is 0.00000300. The molecule has 0 spiro atoms. The standard InChI is InChI=1S/C21H31N5O2.HI/c1-15(27)24-18-9-5-6-16(12-18)13-23-21(22-2)25-19-10-11-26(14-19)20(28)17-7-3-4-8-17;/h5-6,9,12,17,19H,3-4,7-8,10-11,13-14H2,1-2H3,(H,24,27)(H2,22,23,25);1H. The first-order valence-corrected chi connectivity index (χ1v) is 10.2. The van der Waals surface area contributed by atoms with E-state index in [2.05, 4.69) is 20.9 Å². The van der Waals surface area contributed by atoms with Crippen molar-refractivity contribution < 1.29 is 9.59 Å². The molecule has 3 N–H and O–H groups in total. The molecule has 1 saturated carbocycles. The Kier molecular flexibility index (Phi) is 9.19. The number of rotatable bonds is 5. The Morgan fingerprint density at radius 3 is 2.66 bits per heavy atom. The highest BCUT2D eigenvalue weighted by Gasteiger charge is 2.32. The number of guanidine groups is 1. The van der Waals surface area contributed by atoms with E-state index in [-0.39, 0.29) is 41.8 Å². The number of carbonyl (C=O) groups is 2. The Morgan fingerprint density at radius 2 is 1.97 bits per heavy atom. The molecule has 8 heteroatoms. The average Bonchev–Trinajstić information content (AvgIpc) is 3.36. The number of anilines is 1. The molecule has 2 aliphatic rings. The van der Waals surface area contributed by atoms with Crippen molar-refractivity contribution in [3.05, 3.63) is 29.8 Å². The zero-order valence-electron chi connectivity index (χ0n) is 17.2. The minimum Gasteiger partial charge on any atom is -0.352 e. The average molecular weight is 513 g/mol. The summed E-state index contributed by atoms with van der Waals surface area (Å²) in [6.07, 6.45) is 5.41. The van der Waals surface area contributed by atoms with Crippen molar-refractivity contribution >= 4 is 47.4 Å². The predicted octanol–water partition coefficient (Wildman–Crippen LogP) is 2.72. The largest absolute Gasteiger partial charge is 0.352 e. The Hall–Kier alpha value is -1.84. The number of amides is 2. The van der Waals surface area contributed by atoms with Crippen LogP contribution in [0.3, 0.4) is 0 Å². The van der Waals surface area contributed by atoms with Crippen LogP contribution < -0.4 is 16.0 Å². The summed E-state index contributed by atoms with van der Waals surface area (Å²) in [6.45, 7) is 3.67. The van der Waals surface area contributed by atoms with Crippen molar-refractivity contribution in [2.24, 2.45) is 10.9 Å². The fourth-order valence-corrected chi connectivity index (χ4v) is 4.05. The molecule has 29 heavy (non-hydrogen) atoms. The molecule has 1 aliphatic heterocycles. The van der Waals surface area contributed by atoms with Crippen LogP contribution in [0.2, 0.25) is 0 Å². The van der Waals surface area contributed by atoms with Crippen molar-refractivity contribution in [1.29, 1.82) is 0 Å². The molecule has 1 atom stereocenters. The normalized spacial score (nSPS) is 19.6. The lowest BCUT2D eigenvalue weighted by Crippen LogP contribution is -2.45. The molecule has 0 bridgehead atoms. The van der Waals surface area contributed by atoms with E-state index in [0.29, 0.717) is 12.5 Å². The molecule has 0 radical (unpaired) electrons. The predicted molar refractivity (Wildman–Crippen MR) is 126 cm³/mol. The zero-order chi connectivity index (χ0) is 19.9. The summed E-state index contributed by atoms with van der Waals surface area (Å²) in [5.74, 6) is 1.22. The van der Waals surface area contributed by atoms with Crippen molar-refractivity contribution in [2.75, 3.05) is 25.5 Å². The van der Waals surface area contributed by atoms with Crippen LogP contribution in [0.25, 0.3) is 0 Å². The first kappa shape index (κ1) is 23.4. The van der Waals surface area contributed by atoms with Crippen LogP contribution in [0.15, 0.2) is 29.3 Å². The molecule has 1 aromatic carbocycles. The second-order valence-corrected chi connectivity index (χ2v) is 7.70. The molecule has 1 heterocycles. The first-order chi connectivity index (χ1) is 13.5. The van der Waals surface area contributed by atoms with E-state index in [1.165, 1.54) is 19.8 Å². The molecular weight excluding hydrogens is 481 g/mol. The van der Waals surface area contributed by atoms with Gasteiger partial charge in [-0.3, -0.25) is 14.6 Å². The van der Waals surface area contributed by atoms with Gasteiger partial charge < -0.3 is 20.9 Å². The quantitative estimate of drug-likeness (QED) is 0.321. The maximum absolute atomic E-state index is 12.6. The third-order valence-electron chi connectivity index (χ3n) is 5.48. The number of nitrogens with one attached hydrogen (secondary N) is 3. The van der Waals surface area contributed by atoms with E-state index < -0.39 is 0 Å². The monoisotopic (exact) mass is 513 g/mol. The number of hydrogen-bond donors (Lipinski definition) is 3. The van der Waals surface area contributed by atoms with Crippen LogP contribution in [-0.2, 0) is 16.1 Å². The third-order valence-corrected chi connectivity index (χ3v) is 5.48. The van der Waals surface area contributed by atoms with E-state index in [1.54, 1.807) is 7.05 Å². The van der Waals surface area contributed by atoms with Gasteiger partial charge in [0.15, 0.2) is 5.96 Å². The summed E-state index contributed by atoms with van der Waals surface area (Å²) in [6, 6.07) is 7.96. The van der Waals surface area contributed by atoms with Crippen LogP contribution in [0.4, 0.5) is 5.69 Å². The van der Waals surface area contributed by atoms with E-state index in [0.717, 1.165) is 49.6 Å². The van der Waals surface area contributed by atoms with Crippen LogP contribution >= 0.6 is 24.0 Å². The Labute approximate surface area is 190 Å². The first-order valence-electron chi connectivity index (χ1n) is 10.2. The van der Waals surface area contributed by atoms with Crippen molar-refractivity contribution in [3.8, 4) is 0 Å². The van der Waals surface area contributed by atoms with Crippen LogP contribution in [0.1, 0.15) is 44.6 Å². The lowest BCUT2D eigenvalue weighted by molar-refractivity contribution is -0.134. The third kappa shape index (κ3) is 6.87. The van der Waals surface area contributed by atoms with E-state index >= 15 is 0 Å². The summed E-state index contributed by atoms with van der Waals surface area (Å²) >= 11 is 0. The molecule has 3 rings (SSSR count). The minimum absolute atomic E-state index is 0. The van der Waals surface area contributed by atoms with Gasteiger partial charge >= 0.3 is 0 Å². The van der Waals surface area contributed by atoms with Gasteiger partial charge in [0.05, 0.1) is 0 Å². The lowest BCUT2D eigenvalue weighted by Gasteiger charge is -2.21. The number of likely N-dealkylation sites (tertiary alicyclic amines) is 1. The SMILES string of the molecule is CN=C(NCc1cccc(NC(C)=O)c1)NC1CCN(C(=O)C2CCCC2)C1.I. The maximum atomic E-state index is 12.6. The van der Waals surface area contributed by atoms with Crippen molar-refractivity contribution in [1.82, 2.24) is 15.5 Å². The van der Waals surface area contributed by atoms with Gasteiger partial charge in [-0.25, -0.2) is 0 Å². The minimum atomic E-state index is -0.0828. The van der Waals surface area contributed by atoms with Gasteiger partial charge in [-0.1, -0.05) is 25.0 Å². The zero-order valence-corrected chi connectivity index (χ0v) is 19.6. The Morgan fingerprint density at radius 1 is 1.21 bits per heavy atom. The summed E-state index contributed by atoms with van der Waals surface area (Å²) in [4.78, 5) is 30.1. The highest BCUT2D eigenvalue weighted by Crippen LogP contribution is 2.27. The van der Waals surface area contributed by atoms with Gasteiger partial charge in [-0.15, -0.1) is 24.0 Å². The molecule has 1 aliphatic carbocycles. The Bertz CT molecular complexity index is 734. The molecule has 160 valence electrons. The fourth-order valence-electron chi connectivity index (χ4n) is 4.05. The second-order valence-electron chi connectivity index (χ2n) is 7.70. The van der Waals surface area contributed by atoms with E-state index in [1.807, 2.05) is 29.2 Å². The molecule has 1 aromatic rings. The summed E-state index contributed by atoms with van der Waals surface area (Å²) in [5.41, 5.74) is 1.84. The molecule has 0 aromatic heterocycles. The number of nitrogens with zero attached hydrogens (tertiary/aromatic N) is 2. The van der Waals surface area contributed by atoms with Crippen LogP contribution in [0.5, 0.6) is 0 Å².